The van der Waals surface area contributed by atoms with Crippen LogP contribution in [0.5, 0.6) is 11.5 Å². The maximum Gasteiger partial charge on any atom is 0.311 e. The minimum Gasteiger partial charge on any atom is -0.494 e. The molecular formula is C15H15Cl2N3O4S. The molecule has 25 heavy (non-hydrogen) atoms. The van der Waals surface area contributed by atoms with Crippen molar-refractivity contribution in [1.29, 1.82) is 0 Å². The van der Waals surface area contributed by atoms with E-state index in [0.29, 0.717) is 32.9 Å². The number of hydrogen-bond donors (Lipinski definition) is 1. The number of hydrogen-bond acceptors (Lipinski definition) is 8. The molecule has 0 spiro atoms. The van der Waals surface area contributed by atoms with Gasteiger partial charge in [-0.05, 0) is 6.07 Å². The summed E-state index contributed by atoms with van der Waals surface area (Å²) in [6.07, 6.45) is 1.60. The van der Waals surface area contributed by atoms with Crippen LogP contribution < -0.4 is 14.9 Å². The number of nitrogens with zero attached hydrogens (tertiary/aromatic N) is 2. The molecule has 0 radical (unpaired) electrons. The highest BCUT2D eigenvalue weighted by atomic mass is 35.5. The van der Waals surface area contributed by atoms with E-state index in [1.165, 1.54) is 38.9 Å². The van der Waals surface area contributed by atoms with E-state index in [9.17, 15) is 4.79 Å². The second kappa shape index (κ2) is 8.89. The second-order valence-corrected chi connectivity index (χ2v) is 6.24. The van der Waals surface area contributed by atoms with Crippen molar-refractivity contribution in [3.05, 3.63) is 32.7 Å². The number of carbonyl (C=O) groups is 1. The Hall–Kier alpha value is -2.03. The Labute approximate surface area is 158 Å². The van der Waals surface area contributed by atoms with Crippen LogP contribution in [0.15, 0.2) is 16.5 Å². The van der Waals surface area contributed by atoms with Gasteiger partial charge in [-0.3, -0.25) is 10.2 Å². The van der Waals surface area contributed by atoms with Crippen LogP contribution >= 0.6 is 34.5 Å². The Morgan fingerprint density at radius 1 is 1.32 bits per heavy atom. The fraction of sp³-hybridized carbons (Fsp3) is 0.267. The van der Waals surface area contributed by atoms with E-state index >= 15 is 0 Å². The molecule has 10 heteroatoms. The number of ether oxygens (including phenoxy) is 3. The van der Waals surface area contributed by atoms with E-state index in [4.69, 9.17) is 32.7 Å². The number of thiazole rings is 1. The van der Waals surface area contributed by atoms with Gasteiger partial charge in [0.2, 0.25) is 5.13 Å². The van der Waals surface area contributed by atoms with Crippen molar-refractivity contribution in [3.8, 4) is 11.5 Å². The lowest BCUT2D eigenvalue weighted by Gasteiger charge is -2.12. The van der Waals surface area contributed by atoms with Gasteiger partial charge in [0, 0.05) is 10.9 Å². The van der Waals surface area contributed by atoms with E-state index in [2.05, 4.69) is 20.2 Å². The van der Waals surface area contributed by atoms with Crippen molar-refractivity contribution < 1.29 is 19.0 Å². The molecule has 0 amide bonds. The number of methoxy groups -OCH3 is 3. The summed E-state index contributed by atoms with van der Waals surface area (Å²) in [4.78, 5) is 15.4. The maximum atomic E-state index is 11.2. The Kier molecular flexibility index (Phi) is 6.86. The number of halogens is 2. The number of hydrazone groups is 1. The van der Waals surface area contributed by atoms with Gasteiger partial charge < -0.3 is 14.2 Å². The average Bonchev–Trinajstić information content (AvgIpc) is 3.02. The molecule has 0 atom stereocenters. The minimum atomic E-state index is -0.354. The predicted molar refractivity (Wildman–Crippen MR) is 98.6 cm³/mol. The molecule has 0 aliphatic heterocycles. The van der Waals surface area contributed by atoms with E-state index in [1.54, 1.807) is 11.4 Å². The molecule has 0 fully saturated rings. The first kappa shape index (κ1) is 19.3. The topological polar surface area (TPSA) is 82.0 Å². The molecular weight excluding hydrogens is 389 g/mol. The van der Waals surface area contributed by atoms with Crippen molar-refractivity contribution in [3.63, 3.8) is 0 Å². The first-order valence-corrected chi connectivity index (χ1v) is 8.54. The van der Waals surface area contributed by atoms with Gasteiger partial charge in [-0.25, -0.2) is 4.98 Å². The molecule has 0 aliphatic carbocycles. The smallest absolute Gasteiger partial charge is 0.311 e. The number of esters is 1. The van der Waals surface area contributed by atoms with Gasteiger partial charge in [0.1, 0.15) is 10.8 Å². The van der Waals surface area contributed by atoms with Crippen molar-refractivity contribution in [1.82, 2.24) is 4.98 Å². The first-order valence-electron chi connectivity index (χ1n) is 6.90. The zero-order valence-electron chi connectivity index (χ0n) is 13.6. The molecule has 1 aromatic heterocycles. The van der Waals surface area contributed by atoms with Gasteiger partial charge in [0.15, 0.2) is 5.75 Å². The van der Waals surface area contributed by atoms with Crippen LogP contribution in [-0.2, 0) is 16.0 Å². The van der Waals surface area contributed by atoms with Crippen LogP contribution in [0, 0.1) is 0 Å². The third kappa shape index (κ3) is 4.75. The van der Waals surface area contributed by atoms with Crippen LogP contribution in [0.25, 0.3) is 0 Å². The van der Waals surface area contributed by atoms with E-state index in [0.717, 1.165) is 0 Å². The zero-order valence-corrected chi connectivity index (χ0v) is 16.0. The largest absolute Gasteiger partial charge is 0.494 e. The summed E-state index contributed by atoms with van der Waals surface area (Å²) < 4.78 is 15.0. The molecule has 0 saturated heterocycles. The SMILES string of the molecule is COC(=O)Cc1csc(N/N=C\c2cc(Cl)c(OC)c(Cl)c2OC)n1. The third-order valence-corrected chi connectivity index (χ3v) is 4.46. The summed E-state index contributed by atoms with van der Waals surface area (Å²) in [6, 6.07) is 1.63. The molecule has 0 bridgehead atoms. The lowest BCUT2D eigenvalue weighted by molar-refractivity contribution is -0.139. The Morgan fingerprint density at radius 3 is 2.68 bits per heavy atom. The van der Waals surface area contributed by atoms with Crippen molar-refractivity contribution >= 4 is 51.9 Å². The van der Waals surface area contributed by atoms with Crippen LogP contribution in [0.1, 0.15) is 11.3 Å². The van der Waals surface area contributed by atoms with Crippen LogP contribution in [0.4, 0.5) is 5.13 Å². The Bertz CT molecular complexity index is 795. The number of carbonyl (C=O) groups excluding carboxylic acids is 1. The molecule has 1 N–H and O–H groups in total. The van der Waals surface area contributed by atoms with Crippen LogP contribution in [-0.4, -0.2) is 38.5 Å². The van der Waals surface area contributed by atoms with Gasteiger partial charge in [-0.15, -0.1) is 11.3 Å². The Morgan fingerprint density at radius 2 is 2.04 bits per heavy atom. The third-order valence-electron chi connectivity index (χ3n) is 3.04. The average molecular weight is 404 g/mol. The summed E-state index contributed by atoms with van der Waals surface area (Å²) in [5.41, 5.74) is 3.94. The van der Waals surface area contributed by atoms with Gasteiger partial charge in [-0.1, -0.05) is 23.2 Å². The molecule has 0 aliphatic rings. The summed E-state index contributed by atoms with van der Waals surface area (Å²) in [5.74, 6) is 0.365. The van der Waals surface area contributed by atoms with Gasteiger partial charge >= 0.3 is 5.97 Å². The van der Waals surface area contributed by atoms with Crippen molar-refractivity contribution in [2.75, 3.05) is 26.8 Å². The quantitative estimate of drug-likeness (QED) is 0.431. The highest BCUT2D eigenvalue weighted by Gasteiger charge is 2.16. The number of aromatic nitrogens is 1. The molecule has 0 saturated carbocycles. The van der Waals surface area contributed by atoms with E-state index in [-0.39, 0.29) is 17.4 Å². The molecule has 134 valence electrons. The fourth-order valence-electron chi connectivity index (χ4n) is 1.91. The lowest BCUT2D eigenvalue weighted by atomic mass is 10.2. The maximum absolute atomic E-state index is 11.2. The summed E-state index contributed by atoms with van der Waals surface area (Å²) >= 11 is 13.6. The fourth-order valence-corrected chi connectivity index (χ4v) is 3.27. The van der Waals surface area contributed by atoms with Crippen molar-refractivity contribution in [2.24, 2.45) is 5.10 Å². The zero-order chi connectivity index (χ0) is 18.4. The predicted octanol–water partition coefficient (Wildman–Crippen LogP) is 3.63. The number of anilines is 1. The molecule has 1 aromatic carbocycles. The van der Waals surface area contributed by atoms with Crippen LogP contribution in [0.3, 0.4) is 0 Å². The van der Waals surface area contributed by atoms with Crippen LogP contribution in [0.2, 0.25) is 10.0 Å². The second-order valence-electron chi connectivity index (χ2n) is 4.60. The highest BCUT2D eigenvalue weighted by Crippen LogP contribution is 2.41. The molecule has 7 nitrogen and oxygen atoms in total. The lowest BCUT2D eigenvalue weighted by Crippen LogP contribution is -2.04. The monoisotopic (exact) mass is 403 g/mol. The molecule has 1 heterocycles. The van der Waals surface area contributed by atoms with E-state index < -0.39 is 0 Å². The van der Waals surface area contributed by atoms with Gasteiger partial charge in [0.25, 0.3) is 0 Å². The van der Waals surface area contributed by atoms with Gasteiger partial charge in [-0.2, -0.15) is 5.10 Å². The minimum absolute atomic E-state index is 0.107. The summed E-state index contributed by atoms with van der Waals surface area (Å²) in [6.45, 7) is 0. The number of nitrogens with one attached hydrogen (secondary N) is 1. The molecule has 0 unspecified atom stereocenters. The molecule has 2 rings (SSSR count). The summed E-state index contributed by atoms with van der Waals surface area (Å²) in [7, 11) is 4.28. The Balaban J connectivity index is 2.13. The first-order chi connectivity index (χ1) is 12.0. The number of benzene rings is 1. The standard InChI is InChI=1S/C15H15Cl2N3O4S/c1-22-11(21)5-9-7-25-15(19-9)20-18-6-8-4-10(16)14(24-3)12(17)13(8)23-2/h4,6-7H,5H2,1-3H3,(H,19,20)/b18-6-. The highest BCUT2D eigenvalue weighted by molar-refractivity contribution is 7.13. The number of rotatable bonds is 7. The normalized spacial score (nSPS) is 10.8. The van der Waals surface area contributed by atoms with E-state index in [1.807, 2.05) is 0 Å². The van der Waals surface area contributed by atoms with Crippen molar-refractivity contribution in [2.45, 2.75) is 6.42 Å². The summed E-state index contributed by atoms with van der Waals surface area (Å²) in [5, 5.41) is 6.96. The van der Waals surface area contributed by atoms with Gasteiger partial charge in [0.05, 0.1) is 44.7 Å². The molecule has 2 aromatic rings.